The predicted molar refractivity (Wildman–Crippen MR) is 26.6 cm³/mol. The smallest absolute Gasteiger partial charge is 0.297 e. The second-order valence-electron chi connectivity index (χ2n) is 2.02. The zero-order chi connectivity index (χ0) is 8.48. The van der Waals surface area contributed by atoms with Crippen molar-refractivity contribution >= 4 is 0 Å². The van der Waals surface area contributed by atoms with Gasteiger partial charge in [0.05, 0.1) is 13.2 Å². The van der Waals surface area contributed by atoms with Crippen LogP contribution in [0.3, 0.4) is 0 Å². The van der Waals surface area contributed by atoms with E-state index < -0.39 is 18.6 Å². The number of ether oxygens (including phenoxy) is 2. The van der Waals surface area contributed by atoms with Crippen LogP contribution in [0.2, 0.25) is 0 Å². The summed E-state index contributed by atoms with van der Waals surface area (Å²) in [5, 5.41) is 0. The standard InChI is InChI=1S/C5H6F4O2/c6-3(7)5(4(8)9)10-1-2-11-5/h3-4H,1-2H2. The first-order valence-electron chi connectivity index (χ1n) is 2.94. The molecule has 2 nitrogen and oxygen atoms in total. The van der Waals surface area contributed by atoms with Gasteiger partial charge in [-0.2, -0.15) is 0 Å². The van der Waals surface area contributed by atoms with Gasteiger partial charge in [-0.1, -0.05) is 0 Å². The van der Waals surface area contributed by atoms with E-state index in [0.29, 0.717) is 0 Å². The Morgan fingerprint density at radius 2 is 1.27 bits per heavy atom. The van der Waals surface area contributed by atoms with Crippen molar-refractivity contribution in [3.8, 4) is 0 Å². The van der Waals surface area contributed by atoms with Crippen LogP contribution in [-0.2, 0) is 9.47 Å². The largest absolute Gasteiger partial charge is 0.338 e. The second-order valence-corrected chi connectivity index (χ2v) is 2.02. The van der Waals surface area contributed by atoms with Gasteiger partial charge in [-0.3, -0.25) is 0 Å². The molecule has 1 heterocycles. The summed E-state index contributed by atoms with van der Waals surface area (Å²) in [7, 11) is 0. The molecule has 0 aromatic rings. The molecule has 1 saturated heterocycles. The van der Waals surface area contributed by atoms with E-state index in [1.165, 1.54) is 0 Å². The number of halogens is 4. The van der Waals surface area contributed by atoms with Crippen LogP contribution < -0.4 is 0 Å². The molecular formula is C5H6F4O2. The minimum absolute atomic E-state index is 0.214. The third kappa shape index (κ3) is 1.32. The predicted octanol–water partition coefficient (Wildman–Crippen LogP) is 1.26. The summed E-state index contributed by atoms with van der Waals surface area (Å²) in [6, 6.07) is 0. The number of rotatable bonds is 2. The minimum atomic E-state index is -3.31. The molecular weight excluding hydrogens is 168 g/mol. The Labute approximate surface area is 60.1 Å². The first-order valence-corrected chi connectivity index (χ1v) is 2.94. The van der Waals surface area contributed by atoms with Gasteiger partial charge in [0.15, 0.2) is 0 Å². The summed E-state index contributed by atoms with van der Waals surface area (Å²) >= 11 is 0. The van der Waals surface area contributed by atoms with Gasteiger partial charge in [-0.05, 0) is 0 Å². The molecule has 0 aliphatic carbocycles. The van der Waals surface area contributed by atoms with Gasteiger partial charge in [-0.15, -0.1) is 0 Å². The minimum Gasteiger partial charge on any atom is -0.338 e. The lowest BCUT2D eigenvalue weighted by atomic mass is 10.3. The Hall–Kier alpha value is -0.360. The molecule has 0 atom stereocenters. The Balaban J connectivity index is 2.70. The summed E-state index contributed by atoms with van der Waals surface area (Å²) in [5.41, 5.74) is 0. The lowest BCUT2D eigenvalue weighted by Crippen LogP contribution is -2.45. The Morgan fingerprint density at radius 3 is 1.45 bits per heavy atom. The summed E-state index contributed by atoms with van der Waals surface area (Å²) in [5.74, 6) is -2.97. The average Bonchev–Trinajstić information content (AvgIpc) is 2.34. The first-order chi connectivity index (χ1) is 5.09. The van der Waals surface area contributed by atoms with Crippen LogP contribution in [0.25, 0.3) is 0 Å². The van der Waals surface area contributed by atoms with Gasteiger partial charge in [-0.25, -0.2) is 17.6 Å². The molecule has 1 aliphatic heterocycles. The molecule has 0 amide bonds. The van der Waals surface area contributed by atoms with Crippen molar-refractivity contribution in [2.75, 3.05) is 13.2 Å². The number of hydrogen-bond donors (Lipinski definition) is 0. The van der Waals surface area contributed by atoms with E-state index in [9.17, 15) is 17.6 Å². The van der Waals surface area contributed by atoms with Crippen molar-refractivity contribution in [3.63, 3.8) is 0 Å². The Kier molecular flexibility index (Phi) is 2.34. The van der Waals surface area contributed by atoms with E-state index >= 15 is 0 Å². The Bertz CT molecular complexity index is 122. The molecule has 11 heavy (non-hydrogen) atoms. The van der Waals surface area contributed by atoms with Crippen LogP contribution in [-0.4, -0.2) is 31.9 Å². The maximum atomic E-state index is 11.9. The summed E-state index contributed by atoms with van der Waals surface area (Å²) < 4.78 is 55.9. The van der Waals surface area contributed by atoms with E-state index in [-0.39, 0.29) is 13.2 Å². The molecule has 0 aromatic heterocycles. The maximum Gasteiger partial charge on any atom is 0.297 e. The van der Waals surface area contributed by atoms with E-state index in [4.69, 9.17) is 0 Å². The van der Waals surface area contributed by atoms with Gasteiger partial charge in [0, 0.05) is 0 Å². The van der Waals surface area contributed by atoms with Crippen LogP contribution in [0.4, 0.5) is 17.6 Å². The van der Waals surface area contributed by atoms with Crippen molar-refractivity contribution < 1.29 is 27.0 Å². The summed E-state index contributed by atoms with van der Waals surface area (Å²) in [4.78, 5) is 0. The van der Waals surface area contributed by atoms with Gasteiger partial charge in [0.2, 0.25) is 0 Å². The Morgan fingerprint density at radius 1 is 0.909 bits per heavy atom. The van der Waals surface area contributed by atoms with Gasteiger partial charge in [0.25, 0.3) is 18.6 Å². The van der Waals surface area contributed by atoms with Crippen LogP contribution in [0, 0.1) is 0 Å². The topological polar surface area (TPSA) is 18.5 Å². The molecule has 0 unspecified atom stereocenters. The quantitative estimate of drug-likeness (QED) is 0.586. The number of hydrogen-bond acceptors (Lipinski definition) is 2. The summed E-state index contributed by atoms with van der Waals surface area (Å²) in [6.07, 6.45) is -6.63. The average molecular weight is 174 g/mol. The third-order valence-electron chi connectivity index (χ3n) is 1.35. The van der Waals surface area contributed by atoms with Crippen LogP contribution in [0.5, 0.6) is 0 Å². The van der Waals surface area contributed by atoms with Crippen LogP contribution >= 0.6 is 0 Å². The molecule has 66 valence electrons. The highest BCUT2D eigenvalue weighted by Crippen LogP contribution is 2.32. The van der Waals surface area contributed by atoms with E-state index in [0.717, 1.165) is 0 Å². The zero-order valence-electron chi connectivity index (χ0n) is 5.40. The van der Waals surface area contributed by atoms with Crippen molar-refractivity contribution in [1.29, 1.82) is 0 Å². The number of alkyl halides is 4. The van der Waals surface area contributed by atoms with Crippen molar-refractivity contribution in [2.24, 2.45) is 0 Å². The van der Waals surface area contributed by atoms with Gasteiger partial charge >= 0.3 is 0 Å². The molecule has 0 bridgehead atoms. The van der Waals surface area contributed by atoms with Crippen LogP contribution in [0.1, 0.15) is 0 Å². The van der Waals surface area contributed by atoms with Gasteiger partial charge < -0.3 is 9.47 Å². The fourth-order valence-electron chi connectivity index (χ4n) is 0.791. The highest BCUT2D eigenvalue weighted by molar-refractivity contribution is 4.79. The normalized spacial score (nSPS) is 23.5. The maximum absolute atomic E-state index is 11.9. The van der Waals surface area contributed by atoms with Crippen molar-refractivity contribution in [2.45, 2.75) is 18.6 Å². The van der Waals surface area contributed by atoms with Crippen LogP contribution in [0.15, 0.2) is 0 Å². The third-order valence-corrected chi connectivity index (χ3v) is 1.35. The highest BCUT2D eigenvalue weighted by Gasteiger charge is 2.54. The molecule has 0 radical (unpaired) electrons. The lowest BCUT2D eigenvalue weighted by molar-refractivity contribution is -0.291. The highest BCUT2D eigenvalue weighted by atomic mass is 19.3. The van der Waals surface area contributed by atoms with Gasteiger partial charge in [0.1, 0.15) is 0 Å². The zero-order valence-corrected chi connectivity index (χ0v) is 5.40. The molecule has 1 aliphatic rings. The van der Waals surface area contributed by atoms with E-state index in [1.807, 2.05) is 0 Å². The molecule has 0 saturated carbocycles. The molecule has 6 heteroatoms. The van der Waals surface area contributed by atoms with E-state index in [1.54, 1.807) is 0 Å². The van der Waals surface area contributed by atoms with Crippen molar-refractivity contribution in [3.05, 3.63) is 0 Å². The summed E-state index contributed by atoms with van der Waals surface area (Å²) in [6.45, 7) is -0.427. The molecule has 0 N–H and O–H groups in total. The monoisotopic (exact) mass is 174 g/mol. The lowest BCUT2D eigenvalue weighted by Gasteiger charge is -2.24. The molecule has 0 aromatic carbocycles. The first kappa shape index (κ1) is 8.73. The fourth-order valence-corrected chi connectivity index (χ4v) is 0.791. The fraction of sp³-hybridized carbons (Fsp3) is 1.00. The second kappa shape index (κ2) is 2.94. The molecule has 1 fully saturated rings. The molecule has 0 spiro atoms. The molecule has 1 rings (SSSR count). The van der Waals surface area contributed by atoms with E-state index in [2.05, 4.69) is 9.47 Å². The van der Waals surface area contributed by atoms with Crippen molar-refractivity contribution in [1.82, 2.24) is 0 Å². The SMILES string of the molecule is FC(F)C1(C(F)F)OCCO1.